The SMILES string of the molecule is Cc1cc(C)cc(C(NC(=O)CC2OCCc3ccccc32)C(=O)O)c1. The Morgan fingerprint density at radius 2 is 1.88 bits per heavy atom. The number of aliphatic carboxylic acids is 1. The summed E-state index contributed by atoms with van der Waals surface area (Å²) in [7, 11) is 0. The number of hydrogen-bond acceptors (Lipinski definition) is 3. The molecular formula is C21H23NO4. The molecule has 3 rings (SSSR count). The molecule has 2 aromatic rings. The second-order valence-electron chi connectivity index (χ2n) is 6.77. The summed E-state index contributed by atoms with van der Waals surface area (Å²) in [5, 5.41) is 12.2. The van der Waals surface area contributed by atoms with Crippen LogP contribution < -0.4 is 5.32 Å². The number of rotatable bonds is 5. The van der Waals surface area contributed by atoms with Crippen LogP contribution in [0.25, 0.3) is 0 Å². The summed E-state index contributed by atoms with van der Waals surface area (Å²) in [6, 6.07) is 12.4. The molecule has 2 atom stereocenters. The molecule has 0 aromatic heterocycles. The Labute approximate surface area is 153 Å². The van der Waals surface area contributed by atoms with Crippen LogP contribution in [0.15, 0.2) is 42.5 Å². The Bertz CT molecular complexity index is 810. The zero-order valence-electron chi connectivity index (χ0n) is 15.0. The van der Waals surface area contributed by atoms with Crippen molar-refractivity contribution in [1.82, 2.24) is 5.32 Å². The fourth-order valence-corrected chi connectivity index (χ4v) is 3.50. The molecule has 0 bridgehead atoms. The number of carbonyl (C=O) groups is 2. The number of benzene rings is 2. The minimum Gasteiger partial charge on any atom is -0.479 e. The normalized spacial score (nSPS) is 17.2. The van der Waals surface area contributed by atoms with Gasteiger partial charge in [-0.15, -0.1) is 0 Å². The second-order valence-corrected chi connectivity index (χ2v) is 6.77. The highest BCUT2D eigenvalue weighted by Gasteiger charge is 2.27. The summed E-state index contributed by atoms with van der Waals surface area (Å²) in [6.07, 6.45) is 0.592. The Morgan fingerprint density at radius 3 is 2.58 bits per heavy atom. The van der Waals surface area contributed by atoms with Crippen LogP contribution in [0, 0.1) is 13.8 Å². The predicted octanol–water partition coefficient (Wildman–Crippen LogP) is 3.25. The summed E-state index contributed by atoms with van der Waals surface area (Å²) < 4.78 is 5.75. The lowest BCUT2D eigenvalue weighted by atomic mass is 9.95. The van der Waals surface area contributed by atoms with Crippen LogP contribution >= 0.6 is 0 Å². The second kappa shape index (κ2) is 7.70. The lowest BCUT2D eigenvalue weighted by molar-refractivity contribution is -0.142. The molecule has 1 aliphatic rings. The number of hydrogen-bond donors (Lipinski definition) is 2. The third-order valence-corrected chi connectivity index (χ3v) is 4.59. The van der Waals surface area contributed by atoms with Gasteiger partial charge in [0.25, 0.3) is 0 Å². The van der Waals surface area contributed by atoms with Crippen LogP contribution in [0.2, 0.25) is 0 Å². The van der Waals surface area contributed by atoms with Gasteiger partial charge in [-0.05, 0) is 37.0 Å². The molecule has 1 amide bonds. The number of carboxylic acids is 1. The predicted molar refractivity (Wildman–Crippen MR) is 97.9 cm³/mol. The third kappa shape index (κ3) is 4.11. The Balaban J connectivity index is 1.74. The van der Waals surface area contributed by atoms with Crippen molar-refractivity contribution >= 4 is 11.9 Å². The van der Waals surface area contributed by atoms with E-state index in [9.17, 15) is 14.7 Å². The monoisotopic (exact) mass is 353 g/mol. The molecule has 5 heteroatoms. The van der Waals surface area contributed by atoms with E-state index in [-0.39, 0.29) is 18.4 Å². The molecular weight excluding hydrogens is 330 g/mol. The van der Waals surface area contributed by atoms with Crippen molar-refractivity contribution in [1.29, 1.82) is 0 Å². The van der Waals surface area contributed by atoms with Gasteiger partial charge in [0, 0.05) is 0 Å². The van der Waals surface area contributed by atoms with Crippen LogP contribution in [-0.4, -0.2) is 23.6 Å². The van der Waals surface area contributed by atoms with Crippen LogP contribution in [0.4, 0.5) is 0 Å². The average Bonchev–Trinajstić information content (AvgIpc) is 2.59. The first-order valence-corrected chi connectivity index (χ1v) is 8.74. The van der Waals surface area contributed by atoms with Crippen molar-refractivity contribution in [3.63, 3.8) is 0 Å². The third-order valence-electron chi connectivity index (χ3n) is 4.59. The first kappa shape index (κ1) is 18.1. The average molecular weight is 353 g/mol. The first-order valence-electron chi connectivity index (χ1n) is 8.74. The van der Waals surface area contributed by atoms with Gasteiger partial charge in [0.05, 0.1) is 19.1 Å². The number of amides is 1. The van der Waals surface area contributed by atoms with Crippen LogP contribution in [0.3, 0.4) is 0 Å². The van der Waals surface area contributed by atoms with Gasteiger partial charge in [0.1, 0.15) is 0 Å². The standard InChI is InChI=1S/C21H23NO4/c1-13-9-14(2)11-16(10-13)20(21(24)25)22-19(23)12-18-17-6-4-3-5-15(17)7-8-26-18/h3-6,9-11,18,20H,7-8,12H2,1-2H3,(H,22,23)(H,24,25). The van der Waals surface area contributed by atoms with E-state index in [4.69, 9.17) is 4.74 Å². The van der Waals surface area contributed by atoms with E-state index < -0.39 is 12.0 Å². The van der Waals surface area contributed by atoms with Crippen molar-refractivity contribution < 1.29 is 19.4 Å². The highest BCUT2D eigenvalue weighted by atomic mass is 16.5. The maximum atomic E-state index is 12.5. The Morgan fingerprint density at radius 1 is 1.19 bits per heavy atom. The van der Waals surface area contributed by atoms with Crippen molar-refractivity contribution in [2.75, 3.05) is 6.61 Å². The van der Waals surface area contributed by atoms with Crippen LogP contribution in [0.5, 0.6) is 0 Å². The van der Waals surface area contributed by atoms with Crippen molar-refractivity contribution in [2.45, 2.75) is 38.8 Å². The van der Waals surface area contributed by atoms with Crippen molar-refractivity contribution in [3.8, 4) is 0 Å². The molecule has 2 unspecified atom stereocenters. The molecule has 0 saturated heterocycles. The summed E-state index contributed by atoms with van der Waals surface area (Å²) in [5.41, 5.74) is 4.69. The molecule has 0 spiro atoms. The van der Waals surface area contributed by atoms with Gasteiger partial charge in [-0.1, -0.05) is 53.6 Å². The number of fused-ring (bicyclic) bond motifs is 1. The van der Waals surface area contributed by atoms with E-state index in [1.54, 1.807) is 12.1 Å². The number of ether oxygens (including phenoxy) is 1. The minimum absolute atomic E-state index is 0.103. The van der Waals surface area contributed by atoms with Crippen LogP contribution in [0.1, 0.15) is 46.4 Å². The fraction of sp³-hybridized carbons (Fsp3) is 0.333. The number of carboxylic acid groups (broad SMARTS) is 1. The molecule has 5 nitrogen and oxygen atoms in total. The summed E-state index contributed by atoms with van der Waals surface area (Å²) in [5.74, 6) is -1.41. The lowest BCUT2D eigenvalue weighted by Crippen LogP contribution is -2.35. The number of aryl methyl sites for hydroxylation is 2. The molecule has 2 aromatic carbocycles. The maximum Gasteiger partial charge on any atom is 0.330 e. The molecule has 0 aliphatic carbocycles. The van der Waals surface area contributed by atoms with Gasteiger partial charge >= 0.3 is 5.97 Å². The maximum absolute atomic E-state index is 12.5. The fourth-order valence-electron chi connectivity index (χ4n) is 3.50. The van der Waals surface area contributed by atoms with E-state index in [1.165, 1.54) is 5.56 Å². The van der Waals surface area contributed by atoms with Gasteiger partial charge in [-0.3, -0.25) is 4.79 Å². The summed E-state index contributed by atoms with van der Waals surface area (Å²) >= 11 is 0. The molecule has 1 heterocycles. The molecule has 2 N–H and O–H groups in total. The molecule has 26 heavy (non-hydrogen) atoms. The number of nitrogens with one attached hydrogen (secondary N) is 1. The quantitative estimate of drug-likeness (QED) is 0.865. The summed E-state index contributed by atoms with van der Waals surface area (Å²) in [6.45, 7) is 4.38. The number of carbonyl (C=O) groups excluding carboxylic acids is 1. The first-order chi connectivity index (χ1) is 12.4. The zero-order valence-corrected chi connectivity index (χ0v) is 15.0. The molecule has 0 saturated carbocycles. The van der Waals surface area contributed by atoms with E-state index in [0.717, 1.165) is 23.1 Å². The van der Waals surface area contributed by atoms with Gasteiger partial charge in [0.15, 0.2) is 6.04 Å². The molecule has 136 valence electrons. The Kier molecular flexibility index (Phi) is 5.38. The summed E-state index contributed by atoms with van der Waals surface area (Å²) in [4.78, 5) is 24.2. The van der Waals surface area contributed by atoms with Gasteiger partial charge in [-0.2, -0.15) is 0 Å². The van der Waals surface area contributed by atoms with Gasteiger partial charge in [-0.25, -0.2) is 4.79 Å². The molecule has 1 aliphatic heterocycles. The van der Waals surface area contributed by atoms with Crippen LogP contribution in [-0.2, 0) is 20.7 Å². The van der Waals surface area contributed by atoms with Gasteiger partial charge < -0.3 is 15.2 Å². The van der Waals surface area contributed by atoms with Gasteiger partial charge in [0.2, 0.25) is 5.91 Å². The molecule has 0 radical (unpaired) electrons. The highest BCUT2D eigenvalue weighted by Crippen LogP contribution is 2.29. The zero-order chi connectivity index (χ0) is 18.7. The van der Waals surface area contributed by atoms with E-state index in [2.05, 4.69) is 5.32 Å². The lowest BCUT2D eigenvalue weighted by Gasteiger charge is -2.26. The minimum atomic E-state index is -1.08. The van der Waals surface area contributed by atoms with E-state index in [0.29, 0.717) is 12.2 Å². The topological polar surface area (TPSA) is 75.6 Å². The highest BCUT2D eigenvalue weighted by molar-refractivity contribution is 5.85. The van der Waals surface area contributed by atoms with E-state index in [1.807, 2.05) is 44.2 Å². The smallest absolute Gasteiger partial charge is 0.330 e. The molecule has 0 fully saturated rings. The van der Waals surface area contributed by atoms with Crippen molar-refractivity contribution in [3.05, 3.63) is 70.3 Å². The van der Waals surface area contributed by atoms with E-state index >= 15 is 0 Å². The van der Waals surface area contributed by atoms with Crippen molar-refractivity contribution in [2.24, 2.45) is 0 Å². The largest absolute Gasteiger partial charge is 0.479 e. The Hall–Kier alpha value is -2.66.